The fourth-order valence-corrected chi connectivity index (χ4v) is 3.44. The molecule has 0 atom stereocenters. The second-order valence-electron chi connectivity index (χ2n) is 4.59. The van der Waals surface area contributed by atoms with E-state index in [1.54, 1.807) is 11.3 Å². The Morgan fingerprint density at radius 2 is 2.00 bits per heavy atom. The molecule has 0 N–H and O–H groups in total. The monoisotopic (exact) mass is 383 g/mol. The number of halogens is 1. The zero-order valence-electron chi connectivity index (χ0n) is 10.8. The molecule has 0 fully saturated rings. The highest BCUT2D eigenvalue weighted by atomic mass is 127. The fraction of sp³-hybridized carbons (Fsp3) is 0.286. The Morgan fingerprint density at radius 3 is 2.74 bits per heavy atom. The predicted octanol–water partition coefficient (Wildman–Crippen LogP) is 3.95. The zero-order chi connectivity index (χ0) is 13.4. The molecule has 5 heteroatoms. The minimum absolute atomic E-state index is 0.490. The van der Waals surface area contributed by atoms with Crippen molar-refractivity contribution in [1.82, 2.24) is 14.9 Å². The van der Waals surface area contributed by atoms with E-state index in [1.807, 2.05) is 6.92 Å². The molecule has 3 rings (SSSR count). The maximum Gasteiger partial charge on any atom is 0.127 e. The van der Waals surface area contributed by atoms with Crippen LogP contribution in [0.15, 0.2) is 30.6 Å². The normalized spacial score (nSPS) is 15.6. The lowest BCUT2D eigenvalue weighted by Gasteiger charge is -2.19. The first-order valence-electron chi connectivity index (χ1n) is 6.12. The van der Waals surface area contributed by atoms with Crippen LogP contribution in [-0.4, -0.2) is 18.8 Å². The van der Waals surface area contributed by atoms with Crippen molar-refractivity contribution in [3.05, 3.63) is 47.0 Å². The minimum atomic E-state index is 0.490. The molecule has 0 spiro atoms. The summed E-state index contributed by atoms with van der Waals surface area (Å²) in [6, 6.07) is 2.19. The third-order valence-electron chi connectivity index (χ3n) is 2.96. The van der Waals surface area contributed by atoms with E-state index in [2.05, 4.69) is 75.0 Å². The quantitative estimate of drug-likeness (QED) is 0.581. The van der Waals surface area contributed by atoms with Crippen LogP contribution in [0.3, 0.4) is 0 Å². The Hall–Kier alpha value is -0.950. The standard InChI is InChI=1S/C14H14IN3S/c1-9-7-12-13(16-10(2)17-14(12)19-9)8-18-5-3-11(15)4-6-18/h3-7,11H,8H2,1-2H3. The second kappa shape index (κ2) is 5.20. The van der Waals surface area contributed by atoms with Gasteiger partial charge in [-0.1, -0.05) is 34.7 Å². The van der Waals surface area contributed by atoms with E-state index < -0.39 is 0 Å². The molecule has 0 aliphatic carbocycles. The van der Waals surface area contributed by atoms with Gasteiger partial charge in [0.25, 0.3) is 0 Å². The van der Waals surface area contributed by atoms with E-state index in [0.717, 1.165) is 22.9 Å². The molecule has 3 heterocycles. The number of thiophene rings is 1. The van der Waals surface area contributed by atoms with Gasteiger partial charge in [0.15, 0.2) is 0 Å². The van der Waals surface area contributed by atoms with Crippen LogP contribution in [-0.2, 0) is 6.54 Å². The Labute approximate surface area is 130 Å². The molecule has 0 saturated heterocycles. The molecule has 0 unspecified atom stereocenters. The Bertz CT molecular complexity index is 661. The zero-order valence-corrected chi connectivity index (χ0v) is 13.8. The van der Waals surface area contributed by atoms with Gasteiger partial charge in [0.1, 0.15) is 10.7 Å². The molecule has 0 radical (unpaired) electrons. The third-order valence-corrected chi connectivity index (χ3v) is 4.74. The van der Waals surface area contributed by atoms with Crippen LogP contribution >= 0.6 is 33.9 Å². The Morgan fingerprint density at radius 1 is 1.26 bits per heavy atom. The summed E-state index contributed by atoms with van der Waals surface area (Å²) in [4.78, 5) is 13.7. The summed E-state index contributed by atoms with van der Waals surface area (Å²) >= 11 is 4.13. The second-order valence-corrected chi connectivity index (χ2v) is 7.27. The minimum Gasteiger partial charge on any atom is -0.349 e. The van der Waals surface area contributed by atoms with E-state index in [9.17, 15) is 0 Å². The summed E-state index contributed by atoms with van der Waals surface area (Å²) in [5.74, 6) is 0.848. The average molecular weight is 383 g/mol. The van der Waals surface area contributed by atoms with Crippen molar-refractivity contribution in [2.45, 2.75) is 24.3 Å². The van der Waals surface area contributed by atoms with E-state index in [0.29, 0.717) is 3.92 Å². The summed E-state index contributed by atoms with van der Waals surface area (Å²) in [7, 11) is 0. The predicted molar refractivity (Wildman–Crippen MR) is 88.5 cm³/mol. The van der Waals surface area contributed by atoms with Gasteiger partial charge in [-0.3, -0.25) is 0 Å². The van der Waals surface area contributed by atoms with Gasteiger partial charge in [-0.15, -0.1) is 11.3 Å². The van der Waals surface area contributed by atoms with Crippen molar-refractivity contribution in [2.75, 3.05) is 0 Å². The molecule has 1 aliphatic heterocycles. The molecule has 0 saturated carbocycles. The molecule has 98 valence electrons. The van der Waals surface area contributed by atoms with Crippen LogP contribution < -0.4 is 0 Å². The first-order chi connectivity index (χ1) is 9.11. The number of aryl methyl sites for hydroxylation is 2. The Balaban J connectivity index is 1.96. The molecule has 0 aromatic carbocycles. The fourth-order valence-electron chi connectivity index (χ4n) is 2.12. The van der Waals surface area contributed by atoms with E-state index in [-0.39, 0.29) is 0 Å². The number of rotatable bonds is 2. The molecule has 2 aromatic rings. The summed E-state index contributed by atoms with van der Waals surface area (Å²) in [5, 5.41) is 1.19. The van der Waals surface area contributed by atoms with E-state index >= 15 is 0 Å². The van der Waals surface area contributed by atoms with Crippen LogP contribution in [0.25, 0.3) is 10.2 Å². The van der Waals surface area contributed by atoms with E-state index in [1.165, 1.54) is 10.3 Å². The summed E-state index contributed by atoms with van der Waals surface area (Å²) in [6.07, 6.45) is 8.62. The SMILES string of the molecule is Cc1nc(CN2C=CC(I)C=C2)c2cc(C)sc2n1. The molecule has 19 heavy (non-hydrogen) atoms. The molecule has 1 aliphatic rings. The number of hydrogen-bond acceptors (Lipinski definition) is 4. The first-order valence-corrected chi connectivity index (χ1v) is 8.18. The largest absolute Gasteiger partial charge is 0.349 e. The maximum absolute atomic E-state index is 4.61. The smallest absolute Gasteiger partial charge is 0.127 e. The van der Waals surface area contributed by atoms with Crippen LogP contribution in [0.5, 0.6) is 0 Å². The number of nitrogens with zero attached hydrogens (tertiary/aromatic N) is 3. The van der Waals surface area contributed by atoms with Gasteiger partial charge in [0.2, 0.25) is 0 Å². The van der Waals surface area contributed by atoms with Crippen molar-refractivity contribution >= 4 is 44.1 Å². The van der Waals surface area contributed by atoms with Crippen LogP contribution in [0.2, 0.25) is 0 Å². The lowest BCUT2D eigenvalue weighted by molar-refractivity contribution is 0.487. The summed E-state index contributed by atoms with van der Waals surface area (Å²) in [5.41, 5.74) is 1.10. The van der Waals surface area contributed by atoms with Gasteiger partial charge in [-0.25, -0.2) is 9.97 Å². The van der Waals surface area contributed by atoms with Crippen molar-refractivity contribution in [1.29, 1.82) is 0 Å². The van der Waals surface area contributed by atoms with Gasteiger partial charge in [-0.2, -0.15) is 0 Å². The van der Waals surface area contributed by atoms with Crippen LogP contribution in [0.1, 0.15) is 16.4 Å². The number of fused-ring (bicyclic) bond motifs is 1. The van der Waals surface area contributed by atoms with Gasteiger partial charge in [0, 0.05) is 22.7 Å². The lowest BCUT2D eigenvalue weighted by Crippen LogP contribution is -2.15. The van der Waals surface area contributed by atoms with Gasteiger partial charge in [0.05, 0.1) is 16.2 Å². The molecule has 0 amide bonds. The van der Waals surface area contributed by atoms with Crippen molar-refractivity contribution < 1.29 is 0 Å². The van der Waals surface area contributed by atoms with Crippen LogP contribution in [0, 0.1) is 13.8 Å². The highest BCUT2D eigenvalue weighted by Crippen LogP contribution is 2.26. The topological polar surface area (TPSA) is 29.0 Å². The highest BCUT2D eigenvalue weighted by Gasteiger charge is 2.11. The molecule has 0 bridgehead atoms. The van der Waals surface area contributed by atoms with Gasteiger partial charge >= 0.3 is 0 Å². The third kappa shape index (κ3) is 2.81. The lowest BCUT2D eigenvalue weighted by atomic mass is 10.2. The van der Waals surface area contributed by atoms with Crippen molar-refractivity contribution in [2.24, 2.45) is 0 Å². The maximum atomic E-state index is 4.61. The van der Waals surface area contributed by atoms with Gasteiger partial charge < -0.3 is 4.90 Å². The van der Waals surface area contributed by atoms with Crippen molar-refractivity contribution in [3.8, 4) is 0 Å². The number of alkyl halides is 1. The highest BCUT2D eigenvalue weighted by molar-refractivity contribution is 14.1. The molecule has 3 nitrogen and oxygen atoms in total. The molecular formula is C14H14IN3S. The van der Waals surface area contributed by atoms with Crippen molar-refractivity contribution in [3.63, 3.8) is 0 Å². The van der Waals surface area contributed by atoms with Gasteiger partial charge in [-0.05, 0) is 19.9 Å². The number of hydrogen-bond donors (Lipinski definition) is 0. The Kier molecular flexibility index (Phi) is 3.58. The van der Waals surface area contributed by atoms with E-state index in [4.69, 9.17) is 0 Å². The molecular weight excluding hydrogens is 369 g/mol. The average Bonchev–Trinajstić information content (AvgIpc) is 2.72. The summed E-state index contributed by atoms with van der Waals surface area (Å²) < 4.78 is 0.490. The van der Waals surface area contributed by atoms with Crippen LogP contribution in [0.4, 0.5) is 0 Å². The number of aromatic nitrogens is 2. The molecule has 2 aromatic heterocycles. The number of allylic oxidation sites excluding steroid dienone is 2. The first kappa shape index (κ1) is 13.1. The summed E-state index contributed by atoms with van der Waals surface area (Å²) in [6.45, 7) is 4.87.